The molecule has 4 heteroatoms. The van der Waals surface area contributed by atoms with Crippen LogP contribution in [0, 0.1) is 12.8 Å². The van der Waals surface area contributed by atoms with E-state index in [2.05, 4.69) is 10.4 Å². The molecule has 2 rings (SSSR count). The molecular weight excluding hydrogens is 190 g/mol. The molecule has 0 radical (unpaired) electrons. The molecule has 0 saturated heterocycles. The third-order valence-electron chi connectivity index (χ3n) is 3.09. The Morgan fingerprint density at radius 1 is 1.53 bits per heavy atom. The van der Waals surface area contributed by atoms with E-state index in [1.54, 1.807) is 4.68 Å². The number of aryl methyl sites for hydroxylation is 2. The Labute approximate surface area is 89.7 Å². The number of carbonyl (C=O) groups is 1. The van der Waals surface area contributed by atoms with Gasteiger partial charge in [0.05, 0.1) is 0 Å². The predicted octanol–water partition coefficient (Wildman–Crippen LogP) is 1.86. The van der Waals surface area contributed by atoms with Gasteiger partial charge in [-0.15, -0.1) is 0 Å². The van der Waals surface area contributed by atoms with Crippen LogP contribution < -0.4 is 5.32 Å². The lowest BCUT2D eigenvalue weighted by Gasteiger charge is -2.07. The van der Waals surface area contributed by atoms with E-state index in [-0.39, 0.29) is 11.8 Å². The monoisotopic (exact) mass is 207 g/mol. The maximum absolute atomic E-state index is 11.8. The van der Waals surface area contributed by atoms with Crippen molar-refractivity contribution < 1.29 is 4.79 Å². The average Bonchev–Trinajstić information content (AvgIpc) is 2.77. The molecule has 1 saturated carbocycles. The lowest BCUT2D eigenvalue weighted by Crippen LogP contribution is -2.20. The molecule has 82 valence electrons. The van der Waals surface area contributed by atoms with Gasteiger partial charge in [0.15, 0.2) is 5.82 Å². The van der Waals surface area contributed by atoms with Gasteiger partial charge in [0, 0.05) is 24.7 Å². The molecule has 1 aromatic heterocycles. The van der Waals surface area contributed by atoms with Crippen molar-refractivity contribution >= 4 is 11.7 Å². The van der Waals surface area contributed by atoms with Crippen molar-refractivity contribution in [3.05, 3.63) is 11.8 Å². The van der Waals surface area contributed by atoms with Gasteiger partial charge in [0.2, 0.25) is 5.91 Å². The van der Waals surface area contributed by atoms with Crippen molar-refractivity contribution in [3.8, 4) is 0 Å². The average molecular weight is 207 g/mol. The predicted molar refractivity (Wildman–Crippen MR) is 58.5 cm³/mol. The summed E-state index contributed by atoms with van der Waals surface area (Å²) in [5.41, 5.74) is 1.05. The van der Waals surface area contributed by atoms with Crippen LogP contribution in [0.3, 0.4) is 0 Å². The number of aromatic nitrogens is 2. The second-order valence-electron chi connectivity index (χ2n) is 4.27. The van der Waals surface area contributed by atoms with Gasteiger partial charge in [-0.25, -0.2) is 0 Å². The van der Waals surface area contributed by atoms with Gasteiger partial charge in [0.1, 0.15) is 0 Å². The van der Waals surface area contributed by atoms with Crippen LogP contribution in [0.25, 0.3) is 0 Å². The Morgan fingerprint density at radius 2 is 2.20 bits per heavy atom. The van der Waals surface area contributed by atoms with Crippen molar-refractivity contribution in [2.75, 3.05) is 5.32 Å². The van der Waals surface area contributed by atoms with Crippen molar-refractivity contribution in [3.63, 3.8) is 0 Å². The number of hydrogen-bond acceptors (Lipinski definition) is 2. The summed E-state index contributed by atoms with van der Waals surface area (Å²) in [6.07, 6.45) is 4.41. The molecule has 1 aliphatic rings. The number of nitrogens with one attached hydrogen (secondary N) is 1. The van der Waals surface area contributed by atoms with E-state index in [0.717, 1.165) is 18.5 Å². The van der Waals surface area contributed by atoms with E-state index in [1.807, 2.05) is 20.0 Å². The summed E-state index contributed by atoms with van der Waals surface area (Å²) in [5, 5.41) is 7.08. The van der Waals surface area contributed by atoms with Gasteiger partial charge < -0.3 is 5.32 Å². The van der Waals surface area contributed by atoms with Crippen LogP contribution in [0.4, 0.5) is 5.82 Å². The Hall–Kier alpha value is -1.32. The number of carbonyl (C=O) groups excluding carboxylic acids is 1. The molecule has 0 atom stereocenters. The third-order valence-corrected chi connectivity index (χ3v) is 3.09. The molecule has 1 aliphatic carbocycles. The SMILES string of the molecule is Cc1cc(NC(=O)C2CCCC2)nn1C. The van der Waals surface area contributed by atoms with Gasteiger partial charge in [0.25, 0.3) is 0 Å². The molecule has 15 heavy (non-hydrogen) atoms. The van der Waals surface area contributed by atoms with Gasteiger partial charge >= 0.3 is 0 Å². The fraction of sp³-hybridized carbons (Fsp3) is 0.636. The van der Waals surface area contributed by atoms with Crippen LogP contribution in [0.5, 0.6) is 0 Å². The fourth-order valence-electron chi connectivity index (χ4n) is 2.04. The molecule has 0 unspecified atom stereocenters. The van der Waals surface area contributed by atoms with Crippen molar-refractivity contribution in [1.29, 1.82) is 0 Å². The quantitative estimate of drug-likeness (QED) is 0.804. The Bertz CT molecular complexity index is 344. The second kappa shape index (κ2) is 4.04. The summed E-state index contributed by atoms with van der Waals surface area (Å²) in [7, 11) is 1.88. The van der Waals surface area contributed by atoms with Gasteiger partial charge in [-0.3, -0.25) is 9.48 Å². The second-order valence-corrected chi connectivity index (χ2v) is 4.27. The first-order valence-electron chi connectivity index (χ1n) is 5.48. The smallest absolute Gasteiger partial charge is 0.228 e. The summed E-state index contributed by atoms with van der Waals surface area (Å²) >= 11 is 0. The fourth-order valence-corrected chi connectivity index (χ4v) is 2.04. The molecule has 4 nitrogen and oxygen atoms in total. The zero-order valence-electron chi connectivity index (χ0n) is 9.29. The summed E-state index contributed by atoms with van der Waals surface area (Å²) in [5.74, 6) is 1.00. The zero-order valence-corrected chi connectivity index (χ0v) is 9.29. The number of nitrogens with zero attached hydrogens (tertiary/aromatic N) is 2. The zero-order chi connectivity index (χ0) is 10.8. The van der Waals surface area contributed by atoms with Crippen LogP contribution in [-0.4, -0.2) is 15.7 Å². The van der Waals surface area contributed by atoms with Gasteiger partial charge in [-0.1, -0.05) is 12.8 Å². The molecule has 1 fully saturated rings. The topological polar surface area (TPSA) is 46.9 Å². The summed E-state index contributed by atoms with van der Waals surface area (Å²) in [6, 6.07) is 1.90. The lowest BCUT2D eigenvalue weighted by atomic mass is 10.1. The van der Waals surface area contributed by atoms with Crippen molar-refractivity contribution in [2.45, 2.75) is 32.6 Å². The third kappa shape index (κ3) is 2.19. The number of hydrogen-bond donors (Lipinski definition) is 1. The molecule has 1 aromatic rings. The van der Waals surface area contributed by atoms with Crippen LogP contribution in [0.1, 0.15) is 31.4 Å². The largest absolute Gasteiger partial charge is 0.309 e. The maximum Gasteiger partial charge on any atom is 0.228 e. The lowest BCUT2D eigenvalue weighted by molar-refractivity contribution is -0.119. The minimum atomic E-state index is 0.130. The first kappa shape index (κ1) is 10.2. The highest BCUT2D eigenvalue weighted by Crippen LogP contribution is 2.25. The molecule has 0 spiro atoms. The van der Waals surface area contributed by atoms with Crippen molar-refractivity contribution in [2.24, 2.45) is 13.0 Å². The standard InChI is InChI=1S/C11H17N3O/c1-8-7-10(13-14(8)2)12-11(15)9-5-3-4-6-9/h7,9H,3-6H2,1-2H3,(H,12,13,15). The summed E-state index contributed by atoms with van der Waals surface area (Å²) in [4.78, 5) is 11.8. The highest BCUT2D eigenvalue weighted by atomic mass is 16.2. The van der Waals surface area contributed by atoms with E-state index in [4.69, 9.17) is 0 Å². The van der Waals surface area contributed by atoms with Crippen molar-refractivity contribution in [1.82, 2.24) is 9.78 Å². The van der Waals surface area contributed by atoms with Gasteiger partial charge in [-0.2, -0.15) is 5.10 Å². The Balaban J connectivity index is 1.99. The molecule has 0 aromatic carbocycles. The first-order valence-corrected chi connectivity index (χ1v) is 5.48. The highest BCUT2D eigenvalue weighted by Gasteiger charge is 2.23. The summed E-state index contributed by atoms with van der Waals surface area (Å²) < 4.78 is 1.77. The van der Waals surface area contributed by atoms with Crippen LogP contribution >= 0.6 is 0 Å². The molecule has 1 amide bonds. The van der Waals surface area contributed by atoms with E-state index in [9.17, 15) is 4.79 Å². The van der Waals surface area contributed by atoms with E-state index in [1.165, 1.54) is 12.8 Å². The number of amides is 1. The minimum absolute atomic E-state index is 0.130. The molecule has 1 N–H and O–H groups in total. The number of rotatable bonds is 2. The van der Waals surface area contributed by atoms with E-state index in [0.29, 0.717) is 5.82 Å². The van der Waals surface area contributed by atoms with E-state index >= 15 is 0 Å². The molecular formula is C11H17N3O. The molecule has 0 aliphatic heterocycles. The summed E-state index contributed by atoms with van der Waals surface area (Å²) in [6.45, 7) is 1.97. The normalized spacial score (nSPS) is 16.9. The van der Waals surface area contributed by atoms with Crippen LogP contribution in [-0.2, 0) is 11.8 Å². The Kier molecular flexibility index (Phi) is 2.75. The first-order chi connectivity index (χ1) is 7.16. The number of anilines is 1. The molecule has 0 bridgehead atoms. The molecule has 1 heterocycles. The maximum atomic E-state index is 11.8. The minimum Gasteiger partial charge on any atom is -0.309 e. The van der Waals surface area contributed by atoms with Crippen LogP contribution in [0.15, 0.2) is 6.07 Å². The van der Waals surface area contributed by atoms with E-state index < -0.39 is 0 Å². The Morgan fingerprint density at radius 3 is 2.73 bits per heavy atom. The highest BCUT2D eigenvalue weighted by molar-refractivity contribution is 5.91. The van der Waals surface area contributed by atoms with Gasteiger partial charge in [-0.05, 0) is 19.8 Å². The van der Waals surface area contributed by atoms with Crippen LogP contribution in [0.2, 0.25) is 0 Å².